The van der Waals surface area contributed by atoms with Crippen LogP contribution in [0.4, 0.5) is 0 Å². The predicted octanol–water partition coefficient (Wildman–Crippen LogP) is 2.52. The highest BCUT2D eigenvalue weighted by atomic mass is 16.1. The number of pyridine rings is 1. The normalized spacial score (nSPS) is 14.9. The van der Waals surface area contributed by atoms with Crippen LogP contribution in [0.1, 0.15) is 40.9 Å². The summed E-state index contributed by atoms with van der Waals surface area (Å²) in [6.45, 7) is 5.27. The summed E-state index contributed by atoms with van der Waals surface area (Å²) in [6, 6.07) is 13.2. The van der Waals surface area contributed by atoms with Crippen molar-refractivity contribution in [2.45, 2.75) is 39.2 Å². The van der Waals surface area contributed by atoms with Crippen molar-refractivity contribution < 1.29 is 4.79 Å². The molecule has 2 aromatic rings. The molecule has 0 bridgehead atoms. The summed E-state index contributed by atoms with van der Waals surface area (Å²) in [5, 5.41) is 6.37. The number of amides is 1. The first-order valence-electron chi connectivity index (χ1n) is 9.88. The van der Waals surface area contributed by atoms with Crippen molar-refractivity contribution in [1.82, 2.24) is 15.2 Å². The van der Waals surface area contributed by atoms with Crippen molar-refractivity contribution in [3.05, 3.63) is 69.6 Å². The second-order valence-electron chi connectivity index (χ2n) is 7.36. The van der Waals surface area contributed by atoms with E-state index in [1.807, 2.05) is 31.2 Å². The Morgan fingerprint density at radius 1 is 1.19 bits per heavy atom. The molecule has 144 valence electrons. The second kappa shape index (κ2) is 9.51. The van der Waals surface area contributed by atoms with E-state index in [1.54, 1.807) is 16.7 Å². The third kappa shape index (κ3) is 5.54. The van der Waals surface area contributed by atoms with Crippen LogP contribution in [0, 0.1) is 12.8 Å². The Balaban J connectivity index is 1.49. The molecule has 0 saturated carbocycles. The summed E-state index contributed by atoms with van der Waals surface area (Å²) in [7, 11) is 0. The molecule has 2 N–H and O–H groups in total. The van der Waals surface area contributed by atoms with Crippen LogP contribution in [-0.4, -0.2) is 30.1 Å². The first-order chi connectivity index (χ1) is 13.1. The third-order valence-corrected chi connectivity index (χ3v) is 5.28. The number of rotatable bonds is 7. The minimum absolute atomic E-state index is 0.00643. The molecule has 1 amide bonds. The van der Waals surface area contributed by atoms with Gasteiger partial charge in [-0.15, -0.1) is 0 Å². The highest BCUT2D eigenvalue weighted by molar-refractivity contribution is 5.94. The van der Waals surface area contributed by atoms with Crippen molar-refractivity contribution in [3.63, 3.8) is 0 Å². The molecule has 5 nitrogen and oxygen atoms in total. The summed E-state index contributed by atoms with van der Waals surface area (Å²) in [6.07, 6.45) is 4.17. The quantitative estimate of drug-likeness (QED) is 0.739. The molecule has 2 heterocycles. The lowest BCUT2D eigenvalue weighted by molar-refractivity contribution is 0.0952. The number of carbonyl (C=O) groups excluding carboxylic acids is 1. The Hall–Kier alpha value is -2.40. The molecule has 0 aliphatic carbocycles. The maximum atomic E-state index is 12.4. The van der Waals surface area contributed by atoms with E-state index >= 15 is 0 Å². The largest absolute Gasteiger partial charge is 0.352 e. The molecule has 3 rings (SSSR count). The zero-order chi connectivity index (χ0) is 19.1. The van der Waals surface area contributed by atoms with Crippen molar-refractivity contribution in [1.29, 1.82) is 0 Å². The number of nitrogens with zero attached hydrogens (tertiary/aromatic N) is 1. The van der Waals surface area contributed by atoms with Crippen LogP contribution >= 0.6 is 0 Å². The first kappa shape index (κ1) is 19.4. The number of nitrogens with one attached hydrogen (secondary N) is 2. The number of piperidine rings is 1. The van der Waals surface area contributed by atoms with Crippen LogP contribution in [0.2, 0.25) is 0 Å². The van der Waals surface area contributed by atoms with E-state index in [9.17, 15) is 9.59 Å². The molecule has 0 radical (unpaired) electrons. The van der Waals surface area contributed by atoms with Gasteiger partial charge in [0.15, 0.2) is 0 Å². The van der Waals surface area contributed by atoms with Gasteiger partial charge in [-0.3, -0.25) is 9.59 Å². The topological polar surface area (TPSA) is 63.1 Å². The minimum Gasteiger partial charge on any atom is -0.352 e. The lowest BCUT2D eigenvalue weighted by atomic mass is 9.90. The molecule has 1 saturated heterocycles. The summed E-state index contributed by atoms with van der Waals surface area (Å²) < 4.78 is 1.74. The fraction of sp³-hybridized carbons (Fsp3) is 0.455. The second-order valence-corrected chi connectivity index (χ2v) is 7.36. The number of benzene rings is 1. The van der Waals surface area contributed by atoms with Crippen molar-refractivity contribution in [3.8, 4) is 0 Å². The SMILES string of the molecule is Cc1cccc(=O)n1CCCNC(=O)c1cccc(CC2CCNCC2)c1. The lowest BCUT2D eigenvalue weighted by Crippen LogP contribution is -2.29. The lowest BCUT2D eigenvalue weighted by Gasteiger charge is -2.22. The van der Waals surface area contributed by atoms with Crippen LogP contribution in [0.3, 0.4) is 0 Å². The summed E-state index contributed by atoms with van der Waals surface area (Å²) in [4.78, 5) is 24.3. The van der Waals surface area contributed by atoms with Gasteiger partial charge in [-0.2, -0.15) is 0 Å². The Kier molecular flexibility index (Phi) is 6.82. The molecular weight excluding hydrogens is 338 g/mol. The van der Waals surface area contributed by atoms with E-state index in [-0.39, 0.29) is 11.5 Å². The maximum absolute atomic E-state index is 12.4. The summed E-state index contributed by atoms with van der Waals surface area (Å²) in [5.41, 5.74) is 2.90. The molecule has 0 atom stereocenters. The number of aromatic nitrogens is 1. The molecular formula is C22H29N3O2. The highest BCUT2D eigenvalue weighted by Gasteiger charge is 2.14. The van der Waals surface area contributed by atoms with Gasteiger partial charge in [0, 0.05) is 30.4 Å². The van der Waals surface area contributed by atoms with E-state index in [1.165, 1.54) is 18.4 Å². The standard InChI is InChI=1S/C22H29N3O2/c1-17-5-2-8-21(26)25(17)14-4-11-24-22(27)20-7-3-6-19(16-20)15-18-9-12-23-13-10-18/h2-3,5-8,16,18,23H,4,9-15H2,1H3,(H,24,27). The van der Waals surface area contributed by atoms with Gasteiger partial charge in [0.25, 0.3) is 11.5 Å². The molecule has 1 fully saturated rings. The van der Waals surface area contributed by atoms with Crippen LogP contribution < -0.4 is 16.2 Å². The van der Waals surface area contributed by atoms with Gasteiger partial charge in [0.2, 0.25) is 0 Å². The average Bonchev–Trinajstić information content (AvgIpc) is 2.68. The van der Waals surface area contributed by atoms with Gasteiger partial charge in [0.05, 0.1) is 0 Å². The van der Waals surface area contributed by atoms with Gasteiger partial charge >= 0.3 is 0 Å². The van der Waals surface area contributed by atoms with Crippen molar-refractivity contribution >= 4 is 5.91 Å². The average molecular weight is 367 g/mol. The Labute approximate surface area is 160 Å². The van der Waals surface area contributed by atoms with Gasteiger partial charge in [-0.1, -0.05) is 18.2 Å². The fourth-order valence-corrected chi connectivity index (χ4v) is 3.71. The van der Waals surface area contributed by atoms with Crippen molar-refractivity contribution in [2.24, 2.45) is 5.92 Å². The summed E-state index contributed by atoms with van der Waals surface area (Å²) in [5.74, 6) is 0.663. The van der Waals surface area contributed by atoms with Gasteiger partial charge in [0.1, 0.15) is 0 Å². The number of aryl methyl sites for hydroxylation is 1. The van der Waals surface area contributed by atoms with Crippen molar-refractivity contribution in [2.75, 3.05) is 19.6 Å². The molecule has 0 spiro atoms. The van der Waals surface area contributed by atoms with E-state index in [4.69, 9.17) is 0 Å². The maximum Gasteiger partial charge on any atom is 0.251 e. The van der Waals surface area contributed by atoms with E-state index in [0.717, 1.165) is 37.2 Å². The summed E-state index contributed by atoms with van der Waals surface area (Å²) >= 11 is 0. The molecule has 1 aliphatic heterocycles. The molecule has 0 unspecified atom stereocenters. The fourth-order valence-electron chi connectivity index (χ4n) is 3.71. The van der Waals surface area contributed by atoms with E-state index in [0.29, 0.717) is 19.0 Å². The molecule has 1 aliphatic rings. The van der Waals surface area contributed by atoms with Crippen LogP contribution in [0.15, 0.2) is 47.3 Å². The first-order valence-corrected chi connectivity index (χ1v) is 9.88. The van der Waals surface area contributed by atoms with Crippen LogP contribution in [-0.2, 0) is 13.0 Å². The smallest absolute Gasteiger partial charge is 0.251 e. The number of hydrogen-bond donors (Lipinski definition) is 2. The molecule has 27 heavy (non-hydrogen) atoms. The molecule has 1 aromatic heterocycles. The zero-order valence-corrected chi connectivity index (χ0v) is 16.0. The van der Waals surface area contributed by atoms with Crippen LogP contribution in [0.25, 0.3) is 0 Å². The van der Waals surface area contributed by atoms with Gasteiger partial charge < -0.3 is 15.2 Å². The third-order valence-electron chi connectivity index (χ3n) is 5.28. The Morgan fingerprint density at radius 2 is 1.96 bits per heavy atom. The number of hydrogen-bond acceptors (Lipinski definition) is 3. The molecule has 5 heteroatoms. The van der Waals surface area contributed by atoms with E-state index < -0.39 is 0 Å². The minimum atomic E-state index is -0.0423. The molecule has 1 aromatic carbocycles. The highest BCUT2D eigenvalue weighted by Crippen LogP contribution is 2.18. The Morgan fingerprint density at radius 3 is 2.74 bits per heavy atom. The van der Waals surface area contributed by atoms with Gasteiger partial charge in [-0.25, -0.2) is 0 Å². The van der Waals surface area contributed by atoms with Gasteiger partial charge in [-0.05, 0) is 75.4 Å². The predicted molar refractivity (Wildman–Crippen MR) is 108 cm³/mol. The van der Waals surface area contributed by atoms with E-state index in [2.05, 4.69) is 16.7 Å². The zero-order valence-electron chi connectivity index (χ0n) is 16.0. The Bertz CT molecular complexity index is 822. The number of carbonyl (C=O) groups is 1. The van der Waals surface area contributed by atoms with Crippen LogP contribution in [0.5, 0.6) is 0 Å². The monoisotopic (exact) mass is 367 g/mol.